The number of anilines is 1. The van der Waals surface area contributed by atoms with Gasteiger partial charge in [0.05, 0.1) is 17.9 Å². The van der Waals surface area contributed by atoms with Gasteiger partial charge in [0, 0.05) is 28.0 Å². The summed E-state index contributed by atoms with van der Waals surface area (Å²) in [4.78, 5) is 11.7. The second-order valence-corrected chi connectivity index (χ2v) is 5.54. The first-order chi connectivity index (χ1) is 10.0. The SMILES string of the molecule is CCOC(=O)c1ccc(NCc2c(C)n[nH]c2C)c(Br)c1. The molecule has 0 unspecified atom stereocenters. The summed E-state index contributed by atoms with van der Waals surface area (Å²) in [5.74, 6) is -0.314. The Hall–Kier alpha value is -1.82. The van der Waals surface area contributed by atoms with Gasteiger partial charge < -0.3 is 10.1 Å². The zero-order valence-electron chi connectivity index (χ0n) is 12.3. The maximum atomic E-state index is 11.7. The average Bonchev–Trinajstić information content (AvgIpc) is 2.77. The maximum absolute atomic E-state index is 11.7. The van der Waals surface area contributed by atoms with Gasteiger partial charge in [0.15, 0.2) is 0 Å². The highest BCUT2D eigenvalue weighted by atomic mass is 79.9. The van der Waals surface area contributed by atoms with Gasteiger partial charge in [-0.1, -0.05) is 0 Å². The molecule has 0 spiro atoms. The van der Waals surface area contributed by atoms with E-state index in [-0.39, 0.29) is 5.97 Å². The second kappa shape index (κ2) is 6.76. The molecule has 21 heavy (non-hydrogen) atoms. The Morgan fingerprint density at radius 1 is 1.43 bits per heavy atom. The van der Waals surface area contributed by atoms with Crippen LogP contribution in [-0.4, -0.2) is 22.8 Å². The number of hydrogen-bond acceptors (Lipinski definition) is 4. The van der Waals surface area contributed by atoms with Crippen LogP contribution in [0.15, 0.2) is 22.7 Å². The van der Waals surface area contributed by atoms with E-state index in [1.807, 2.05) is 19.9 Å². The number of carbonyl (C=O) groups is 1. The normalized spacial score (nSPS) is 10.5. The van der Waals surface area contributed by atoms with Gasteiger partial charge in [-0.25, -0.2) is 4.79 Å². The first kappa shape index (κ1) is 15.6. The van der Waals surface area contributed by atoms with E-state index in [1.54, 1.807) is 19.1 Å². The number of benzene rings is 1. The predicted molar refractivity (Wildman–Crippen MR) is 85.5 cm³/mol. The summed E-state index contributed by atoms with van der Waals surface area (Å²) in [6, 6.07) is 5.37. The fourth-order valence-corrected chi connectivity index (χ4v) is 2.54. The summed E-state index contributed by atoms with van der Waals surface area (Å²) in [6.45, 7) is 6.80. The number of aromatic nitrogens is 2. The van der Waals surface area contributed by atoms with Crippen LogP contribution < -0.4 is 5.32 Å². The Bertz CT molecular complexity index is 633. The van der Waals surface area contributed by atoms with Crippen molar-refractivity contribution in [3.05, 3.63) is 45.2 Å². The molecule has 0 aliphatic carbocycles. The molecule has 0 saturated carbocycles. The van der Waals surface area contributed by atoms with Gasteiger partial charge in [0.1, 0.15) is 0 Å². The minimum atomic E-state index is -0.314. The largest absolute Gasteiger partial charge is 0.462 e. The fourth-order valence-electron chi connectivity index (χ4n) is 2.02. The first-order valence-corrected chi connectivity index (χ1v) is 7.53. The number of aromatic amines is 1. The van der Waals surface area contributed by atoms with Gasteiger partial charge in [-0.15, -0.1) is 0 Å². The van der Waals surface area contributed by atoms with Crippen molar-refractivity contribution in [2.75, 3.05) is 11.9 Å². The molecule has 5 nitrogen and oxygen atoms in total. The van der Waals surface area contributed by atoms with Crippen LogP contribution in [0.2, 0.25) is 0 Å². The van der Waals surface area contributed by atoms with E-state index in [9.17, 15) is 4.79 Å². The van der Waals surface area contributed by atoms with Crippen LogP contribution in [0.1, 0.15) is 34.2 Å². The summed E-state index contributed by atoms with van der Waals surface area (Å²) >= 11 is 3.47. The summed E-state index contributed by atoms with van der Waals surface area (Å²) in [5.41, 5.74) is 4.64. The Morgan fingerprint density at radius 3 is 2.76 bits per heavy atom. The molecule has 0 aliphatic rings. The highest BCUT2D eigenvalue weighted by Gasteiger charge is 2.10. The number of halogens is 1. The molecule has 2 aromatic rings. The minimum absolute atomic E-state index is 0.314. The molecule has 2 rings (SSSR count). The molecular weight excluding hydrogens is 334 g/mol. The number of aryl methyl sites for hydroxylation is 2. The van der Waals surface area contributed by atoms with E-state index in [2.05, 4.69) is 31.4 Å². The van der Waals surface area contributed by atoms with Crippen molar-refractivity contribution in [2.45, 2.75) is 27.3 Å². The molecule has 1 aromatic heterocycles. The fraction of sp³-hybridized carbons (Fsp3) is 0.333. The number of esters is 1. The predicted octanol–water partition coefficient (Wildman–Crippen LogP) is 3.58. The number of hydrogen-bond donors (Lipinski definition) is 2. The van der Waals surface area contributed by atoms with Crippen LogP contribution in [0.25, 0.3) is 0 Å². The van der Waals surface area contributed by atoms with Crippen molar-refractivity contribution in [2.24, 2.45) is 0 Å². The van der Waals surface area contributed by atoms with Gasteiger partial charge in [0.2, 0.25) is 0 Å². The van der Waals surface area contributed by atoms with Crippen LogP contribution in [0, 0.1) is 13.8 Å². The maximum Gasteiger partial charge on any atom is 0.338 e. The highest BCUT2D eigenvalue weighted by Crippen LogP contribution is 2.25. The van der Waals surface area contributed by atoms with Crippen LogP contribution in [0.3, 0.4) is 0 Å². The number of H-pyrrole nitrogens is 1. The van der Waals surface area contributed by atoms with E-state index in [1.165, 1.54) is 0 Å². The smallest absolute Gasteiger partial charge is 0.338 e. The van der Waals surface area contributed by atoms with Crippen molar-refractivity contribution >= 4 is 27.6 Å². The third-order valence-electron chi connectivity index (χ3n) is 3.22. The molecule has 2 N–H and O–H groups in total. The molecule has 0 saturated heterocycles. The second-order valence-electron chi connectivity index (χ2n) is 4.68. The molecule has 0 aliphatic heterocycles. The van der Waals surface area contributed by atoms with Gasteiger partial charge >= 0.3 is 5.97 Å². The zero-order valence-corrected chi connectivity index (χ0v) is 13.9. The van der Waals surface area contributed by atoms with E-state index < -0.39 is 0 Å². The molecular formula is C15H18BrN3O2. The first-order valence-electron chi connectivity index (χ1n) is 6.74. The number of rotatable bonds is 5. The van der Waals surface area contributed by atoms with Gasteiger partial charge in [0.25, 0.3) is 0 Å². The number of nitrogens with zero attached hydrogens (tertiary/aromatic N) is 1. The summed E-state index contributed by atoms with van der Waals surface area (Å²) < 4.78 is 5.81. The Labute approximate surface area is 132 Å². The van der Waals surface area contributed by atoms with Gasteiger partial charge in [-0.3, -0.25) is 5.10 Å². The summed E-state index contributed by atoms with van der Waals surface area (Å²) in [6.07, 6.45) is 0. The highest BCUT2D eigenvalue weighted by molar-refractivity contribution is 9.10. The van der Waals surface area contributed by atoms with Gasteiger partial charge in [-0.05, 0) is 54.9 Å². The van der Waals surface area contributed by atoms with Crippen LogP contribution in [-0.2, 0) is 11.3 Å². The number of nitrogens with one attached hydrogen (secondary N) is 2. The van der Waals surface area contributed by atoms with Crippen molar-refractivity contribution < 1.29 is 9.53 Å². The van der Waals surface area contributed by atoms with E-state index in [0.29, 0.717) is 18.7 Å². The molecule has 0 atom stereocenters. The van der Waals surface area contributed by atoms with Crippen molar-refractivity contribution in [3.63, 3.8) is 0 Å². The molecule has 1 heterocycles. The average molecular weight is 352 g/mol. The quantitative estimate of drug-likeness (QED) is 0.808. The van der Waals surface area contributed by atoms with Crippen molar-refractivity contribution in [3.8, 4) is 0 Å². The van der Waals surface area contributed by atoms with Crippen LogP contribution in [0.5, 0.6) is 0 Å². The van der Waals surface area contributed by atoms with E-state index in [4.69, 9.17) is 4.74 Å². The van der Waals surface area contributed by atoms with Crippen molar-refractivity contribution in [1.29, 1.82) is 0 Å². The Morgan fingerprint density at radius 2 is 2.19 bits per heavy atom. The summed E-state index contributed by atoms with van der Waals surface area (Å²) in [7, 11) is 0. The monoisotopic (exact) mass is 351 g/mol. The minimum Gasteiger partial charge on any atom is -0.462 e. The van der Waals surface area contributed by atoms with E-state index >= 15 is 0 Å². The molecule has 6 heteroatoms. The van der Waals surface area contributed by atoms with Crippen molar-refractivity contribution in [1.82, 2.24) is 10.2 Å². The lowest BCUT2D eigenvalue weighted by Gasteiger charge is -2.10. The van der Waals surface area contributed by atoms with E-state index in [0.717, 1.165) is 27.1 Å². The molecule has 0 fully saturated rings. The standard InChI is InChI=1S/C15H18BrN3O2/c1-4-21-15(20)11-5-6-14(13(16)7-11)17-8-12-9(2)18-19-10(12)3/h5-7,17H,4,8H2,1-3H3,(H,18,19). The van der Waals surface area contributed by atoms with Gasteiger partial charge in [-0.2, -0.15) is 5.10 Å². The lowest BCUT2D eigenvalue weighted by atomic mass is 10.1. The molecule has 112 valence electrons. The third-order valence-corrected chi connectivity index (χ3v) is 3.87. The number of ether oxygens (including phenoxy) is 1. The molecule has 0 bridgehead atoms. The lowest BCUT2D eigenvalue weighted by molar-refractivity contribution is 0.0526. The molecule has 0 amide bonds. The zero-order chi connectivity index (χ0) is 15.4. The Kier molecular flexibility index (Phi) is 5.01. The lowest BCUT2D eigenvalue weighted by Crippen LogP contribution is -2.06. The number of carbonyl (C=O) groups excluding carboxylic acids is 1. The Balaban J connectivity index is 2.09. The van der Waals surface area contributed by atoms with Crippen LogP contribution >= 0.6 is 15.9 Å². The molecule has 1 aromatic carbocycles. The topological polar surface area (TPSA) is 67.0 Å². The third kappa shape index (κ3) is 3.64. The van der Waals surface area contributed by atoms with Crippen LogP contribution in [0.4, 0.5) is 5.69 Å². The summed E-state index contributed by atoms with van der Waals surface area (Å²) in [5, 5.41) is 10.5. The molecule has 0 radical (unpaired) electrons.